The molecule has 1 aromatic carbocycles. The Morgan fingerprint density at radius 2 is 2.13 bits per heavy atom. The SMILES string of the molecule is CC1=CC[C@H](C(C)(C)NC(=S)N/N=C/c2ccccc2Cl)CC1. The van der Waals surface area contributed by atoms with Crippen molar-refractivity contribution in [2.75, 3.05) is 0 Å². The highest BCUT2D eigenvalue weighted by atomic mass is 35.5. The van der Waals surface area contributed by atoms with Crippen LogP contribution < -0.4 is 10.7 Å². The van der Waals surface area contributed by atoms with Crippen molar-refractivity contribution in [3.8, 4) is 0 Å². The lowest BCUT2D eigenvalue weighted by Gasteiger charge is -2.37. The molecular formula is C18H24ClN3S. The van der Waals surface area contributed by atoms with Crippen LogP contribution in [0, 0.1) is 5.92 Å². The standard InChI is InChI=1S/C18H24ClN3S/c1-13-8-10-15(11-9-13)18(2,3)21-17(23)22-20-12-14-6-4-5-7-16(14)19/h4-8,12,15H,9-11H2,1-3H3,(H2,21,22,23)/b20-12+/t15-/m0/s1. The maximum atomic E-state index is 6.09. The molecule has 0 radical (unpaired) electrons. The molecule has 2 rings (SSSR count). The predicted molar refractivity (Wildman–Crippen MR) is 103 cm³/mol. The number of allylic oxidation sites excluding steroid dienone is 2. The van der Waals surface area contributed by atoms with Gasteiger partial charge in [0.2, 0.25) is 0 Å². The Morgan fingerprint density at radius 3 is 2.78 bits per heavy atom. The van der Waals surface area contributed by atoms with Gasteiger partial charge in [0.25, 0.3) is 0 Å². The molecule has 124 valence electrons. The van der Waals surface area contributed by atoms with Gasteiger partial charge < -0.3 is 5.32 Å². The second-order valence-corrected chi connectivity index (χ2v) is 7.40. The molecule has 0 amide bonds. The summed E-state index contributed by atoms with van der Waals surface area (Å²) in [5, 5.41) is 8.75. The lowest BCUT2D eigenvalue weighted by molar-refractivity contribution is 0.265. The summed E-state index contributed by atoms with van der Waals surface area (Å²) in [5.41, 5.74) is 5.16. The Morgan fingerprint density at radius 1 is 1.39 bits per heavy atom. The van der Waals surface area contributed by atoms with Crippen molar-refractivity contribution in [1.82, 2.24) is 10.7 Å². The highest BCUT2D eigenvalue weighted by Gasteiger charge is 2.30. The van der Waals surface area contributed by atoms with Crippen molar-refractivity contribution in [2.45, 2.75) is 45.6 Å². The second-order valence-electron chi connectivity index (χ2n) is 6.59. The molecule has 0 spiro atoms. The fourth-order valence-electron chi connectivity index (χ4n) is 2.78. The Hall–Kier alpha value is -1.39. The molecule has 0 aliphatic heterocycles. The van der Waals surface area contributed by atoms with Gasteiger partial charge in [-0.05, 0) is 64.2 Å². The first-order valence-corrected chi connectivity index (χ1v) is 8.68. The van der Waals surface area contributed by atoms with Gasteiger partial charge in [-0.15, -0.1) is 0 Å². The van der Waals surface area contributed by atoms with Crippen LogP contribution in [0.5, 0.6) is 0 Å². The third-order valence-corrected chi connectivity index (χ3v) is 4.91. The van der Waals surface area contributed by atoms with Gasteiger partial charge in [0.1, 0.15) is 0 Å². The molecule has 1 aromatic rings. The van der Waals surface area contributed by atoms with Crippen LogP contribution in [0.25, 0.3) is 0 Å². The minimum absolute atomic E-state index is 0.0683. The van der Waals surface area contributed by atoms with E-state index in [1.807, 2.05) is 24.3 Å². The first-order chi connectivity index (χ1) is 10.9. The van der Waals surface area contributed by atoms with Gasteiger partial charge in [0.15, 0.2) is 5.11 Å². The molecule has 1 aliphatic carbocycles. The largest absolute Gasteiger partial charge is 0.356 e. The number of hydrogen-bond acceptors (Lipinski definition) is 2. The lowest BCUT2D eigenvalue weighted by atomic mass is 9.77. The van der Waals surface area contributed by atoms with Crippen LogP contribution in [0.3, 0.4) is 0 Å². The Balaban J connectivity index is 1.88. The summed E-state index contributed by atoms with van der Waals surface area (Å²) in [4.78, 5) is 0. The maximum absolute atomic E-state index is 6.09. The molecule has 0 heterocycles. The van der Waals surface area contributed by atoms with E-state index in [9.17, 15) is 0 Å². The monoisotopic (exact) mass is 349 g/mol. The fraction of sp³-hybridized carbons (Fsp3) is 0.444. The number of rotatable bonds is 4. The van der Waals surface area contributed by atoms with Crippen LogP contribution in [-0.4, -0.2) is 16.9 Å². The number of nitrogens with one attached hydrogen (secondary N) is 2. The summed E-state index contributed by atoms with van der Waals surface area (Å²) in [6.07, 6.45) is 7.46. The van der Waals surface area contributed by atoms with Crippen LogP contribution in [0.1, 0.15) is 45.6 Å². The van der Waals surface area contributed by atoms with E-state index in [2.05, 4.69) is 42.7 Å². The zero-order valence-corrected chi connectivity index (χ0v) is 15.5. The number of benzene rings is 1. The van der Waals surface area contributed by atoms with Crippen LogP contribution in [0.4, 0.5) is 0 Å². The zero-order chi connectivity index (χ0) is 16.9. The minimum atomic E-state index is -0.0683. The molecule has 1 aliphatic rings. The van der Waals surface area contributed by atoms with Gasteiger partial charge in [-0.25, -0.2) is 0 Å². The topological polar surface area (TPSA) is 36.4 Å². The van der Waals surface area contributed by atoms with E-state index in [1.54, 1.807) is 6.21 Å². The van der Waals surface area contributed by atoms with Crippen molar-refractivity contribution in [3.63, 3.8) is 0 Å². The summed E-state index contributed by atoms with van der Waals surface area (Å²) in [6, 6.07) is 7.55. The van der Waals surface area contributed by atoms with Gasteiger partial charge >= 0.3 is 0 Å². The molecule has 23 heavy (non-hydrogen) atoms. The van der Waals surface area contributed by atoms with Crippen LogP contribution >= 0.6 is 23.8 Å². The van der Waals surface area contributed by atoms with E-state index in [4.69, 9.17) is 23.8 Å². The normalized spacial score (nSPS) is 18.6. The number of hydrazone groups is 1. The van der Waals surface area contributed by atoms with Crippen LogP contribution in [0.2, 0.25) is 5.02 Å². The summed E-state index contributed by atoms with van der Waals surface area (Å²) in [7, 11) is 0. The summed E-state index contributed by atoms with van der Waals surface area (Å²) in [6.45, 7) is 6.59. The second kappa shape index (κ2) is 7.93. The molecule has 0 bridgehead atoms. The third kappa shape index (κ3) is 5.33. The first-order valence-electron chi connectivity index (χ1n) is 7.90. The van der Waals surface area contributed by atoms with Crippen molar-refractivity contribution >= 4 is 35.1 Å². The average molecular weight is 350 g/mol. The van der Waals surface area contributed by atoms with E-state index in [0.29, 0.717) is 16.1 Å². The lowest BCUT2D eigenvalue weighted by Crippen LogP contribution is -2.52. The minimum Gasteiger partial charge on any atom is -0.356 e. The molecule has 0 aromatic heterocycles. The number of nitrogens with zero attached hydrogens (tertiary/aromatic N) is 1. The van der Waals surface area contributed by atoms with Crippen molar-refractivity contribution < 1.29 is 0 Å². The number of hydrogen-bond donors (Lipinski definition) is 2. The van der Waals surface area contributed by atoms with Crippen LogP contribution in [0.15, 0.2) is 41.0 Å². The van der Waals surface area contributed by atoms with Crippen molar-refractivity contribution in [3.05, 3.63) is 46.5 Å². The van der Waals surface area contributed by atoms with Gasteiger partial charge in [-0.3, -0.25) is 5.43 Å². The summed E-state index contributed by atoms with van der Waals surface area (Å²) < 4.78 is 0. The van der Waals surface area contributed by atoms with Gasteiger partial charge in [0, 0.05) is 16.1 Å². The number of halogens is 1. The quantitative estimate of drug-likeness (QED) is 0.359. The smallest absolute Gasteiger partial charge is 0.187 e. The highest BCUT2D eigenvalue weighted by molar-refractivity contribution is 7.80. The molecule has 5 heteroatoms. The summed E-state index contributed by atoms with van der Waals surface area (Å²) >= 11 is 11.4. The predicted octanol–water partition coefficient (Wildman–Crippen LogP) is 4.66. The first kappa shape index (κ1) is 18.0. The molecule has 0 saturated carbocycles. The van der Waals surface area contributed by atoms with E-state index >= 15 is 0 Å². The van der Waals surface area contributed by atoms with Gasteiger partial charge in [-0.1, -0.05) is 41.4 Å². The molecule has 0 saturated heterocycles. The van der Waals surface area contributed by atoms with E-state index in [0.717, 1.165) is 12.0 Å². The molecular weight excluding hydrogens is 326 g/mol. The molecule has 0 fully saturated rings. The number of thiocarbonyl (C=S) groups is 1. The van der Waals surface area contributed by atoms with Crippen LogP contribution in [-0.2, 0) is 0 Å². The maximum Gasteiger partial charge on any atom is 0.187 e. The average Bonchev–Trinajstić information content (AvgIpc) is 2.49. The summed E-state index contributed by atoms with van der Waals surface area (Å²) in [5.74, 6) is 0.568. The van der Waals surface area contributed by atoms with E-state index in [-0.39, 0.29) is 5.54 Å². The zero-order valence-electron chi connectivity index (χ0n) is 13.9. The Bertz CT molecular complexity index is 622. The van der Waals surface area contributed by atoms with Crippen molar-refractivity contribution in [1.29, 1.82) is 0 Å². The van der Waals surface area contributed by atoms with Gasteiger partial charge in [0.05, 0.1) is 6.21 Å². The fourth-order valence-corrected chi connectivity index (χ4v) is 3.28. The molecule has 1 atom stereocenters. The third-order valence-electron chi connectivity index (χ3n) is 4.37. The van der Waals surface area contributed by atoms with E-state index in [1.165, 1.54) is 18.4 Å². The molecule has 2 N–H and O–H groups in total. The van der Waals surface area contributed by atoms with E-state index < -0.39 is 0 Å². The highest BCUT2D eigenvalue weighted by Crippen LogP contribution is 2.31. The molecule has 3 nitrogen and oxygen atoms in total. The van der Waals surface area contributed by atoms with Gasteiger partial charge in [-0.2, -0.15) is 5.10 Å². The van der Waals surface area contributed by atoms with Crippen molar-refractivity contribution in [2.24, 2.45) is 11.0 Å². The molecule has 0 unspecified atom stereocenters. The Labute approximate surface area is 149 Å². The Kier molecular flexibility index (Phi) is 6.19.